The first-order valence-corrected chi connectivity index (χ1v) is 6.44. The van der Waals surface area contributed by atoms with Crippen LogP contribution >= 0.6 is 11.6 Å². The molecule has 0 atom stereocenters. The van der Waals surface area contributed by atoms with Crippen molar-refractivity contribution in [2.24, 2.45) is 0 Å². The molecule has 84 valence electrons. The molecule has 0 amide bonds. The number of hydrogen-bond donors (Lipinski definition) is 0. The van der Waals surface area contributed by atoms with Gasteiger partial charge in [0, 0.05) is 0 Å². The predicted molar refractivity (Wildman–Crippen MR) is 53.0 cm³/mol. The van der Waals surface area contributed by atoms with Crippen LogP contribution in [0.1, 0.15) is 31.7 Å². The lowest BCUT2D eigenvalue weighted by Gasteiger charge is -2.11. The molecule has 7 heteroatoms. The minimum absolute atomic E-state index is 0.0435. The molecule has 2 rings (SSSR count). The van der Waals surface area contributed by atoms with Crippen LogP contribution < -0.4 is 0 Å². The molecular formula is C8H10ClFN2O2S. The van der Waals surface area contributed by atoms with Gasteiger partial charge in [-0.15, -0.1) is 0 Å². The van der Waals surface area contributed by atoms with Crippen LogP contribution in [0.4, 0.5) is 3.89 Å². The first-order valence-electron chi connectivity index (χ1n) is 4.68. The molecule has 15 heavy (non-hydrogen) atoms. The van der Waals surface area contributed by atoms with Crippen molar-refractivity contribution >= 4 is 21.8 Å². The van der Waals surface area contributed by atoms with E-state index in [1.54, 1.807) is 0 Å². The van der Waals surface area contributed by atoms with E-state index in [1.807, 2.05) is 0 Å². The molecule has 0 spiro atoms. The van der Waals surface area contributed by atoms with E-state index in [1.165, 1.54) is 10.9 Å². The normalized spacial score (nSPS) is 18.5. The third kappa shape index (κ3) is 2.01. The number of hydrogen-bond acceptors (Lipinski definition) is 3. The van der Waals surface area contributed by atoms with Crippen molar-refractivity contribution in [3.63, 3.8) is 0 Å². The quantitative estimate of drug-likeness (QED) is 0.759. The van der Waals surface area contributed by atoms with Gasteiger partial charge in [-0.25, -0.2) is 4.68 Å². The van der Waals surface area contributed by atoms with Crippen LogP contribution in [-0.4, -0.2) is 18.2 Å². The maximum atomic E-state index is 13.0. The Kier molecular flexibility index (Phi) is 2.72. The maximum Gasteiger partial charge on any atom is 0.350 e. The fourth-order valence-electron chi connectivity index (χ4n) is 1.97. The lowest BCUT2D eigenvalue weighted by Crippen LogP contribution is -2.12. The van der Waals surface area contributed by atoms with Gasteiger partial charge in [0.15, 0.2) is 0 Å². The Morgan fingerprint density at radius 3 is 2.60 bits per heavy atom. The van der Waals surface area contributed by atoms with Crippen molar-refractivity contribution in [2.45, 2.75) is 36.8 Å². The summed E-state index contributed by atoms with van der Waals surface area (Å²) in [7, 11) is -4.79. The van der Waals surface area contributed by atoms with Crippen LogP contribution in [0.15, 0.2) is 11.2 Å². The van der Waals surface area contributed by atoms with Crippen molar-refractivity contribution in [3.8, 4) is 0 Å². The van der Waals surface area contributed by atoms with E-state index in [0.717, 1.165) is 25.7 Å². The Morgan fingerprint density at radius 2 is 2.07 bits per heavy atom. The zero-order valence-electron chi connectivity index (χ0n) is 7.86. The highest BCUT2D eigenvalue weighted by Crippen LogP contribution is 2.34. The largest absolute Gasteiger partial charge is 0.350 e. The lowest BCUT2D eigenvalue weighted by atomic mass is 10.3. The second kappa shape index (κ2) is 3.75. The molecule has 1 saturated carbocycles. The Morgan fingerprint density at radius 1 is 1.47 bits per heavy atom. The van der Waals surface area contributed by atoms with E-state index in [-0.39, 0.29) is 11.1 Å². The van der Waals surface area contributed by atoms with E-state index < -0.39 is 15.2 Å². The molecule has 1 aliphatic rings. The molecule has 0 aliphatic heterocycles. The van der Waals surface area contributed by atoms with Gasteiger partial charge >= 0.3 is 10.2 Å². The SMILES string of the molecule is O=S(=O)(F)c1c(Cl)cnn1C1CCCC1. The molecule has 1 heterocycles. The molecule has 0 saturated heterocycles. The first kappa shape index (κ1) is 10.9. The van der Waals surface area contributed by atoms with Gasteiger partial charge in [0.2, 0.25) is 5.03 Å². The van der Waals surface area contributed by atoms with Crippen LogP contribution in [0, 0.1) is 0 Å². The lowest BCUT2D eigenvalue weighted by molar-refractivity contribution is 0.421. The minimum atomic E-state index is -4.79. The topological polar surface area (TPSA) is 52.0 Å². The van der Waals surface area contributed by atoms with E-state index in [2.05, 4.69) is 5.10 Å². The summed E-state index contributed by atoms with van der Waals surface area (Å²) in [6.45, 7) is 0. The van der Waals surface area contributed by atoms with Crippen LogP contribution in [0.25, 0.3) is 0 Å². The van der Waals surface area contributed by atoms with E-state index in [9.17, 15) is 12.3 Å². The molecule has 1 aromatic rings. The standard InChI is InChI=1S/C8H10ClFN2O2S/c9-7-5-11-12(6-3-1-2-4-6)8(7)15(10,13)14/h5-6H,1-4H2. The molecule has 0 N–H and O–H groups in total. The average molecular weight is 253 g/mol. The molecule has 0 radical (unpaired) electrons. The summed E-state index contributed by atoms with van der Waals surface area (Å²) >= 11 is 5.61. The first-order chi connectivity index (χ1) is 7.00. The number of aromatic nitrogens is 2. The Labute approximate surface area is 92.2 Å². The zero-order valence-corrected chi connectivity index (χ0v) is 9.43. The minimum Gasteiger partial charge on any atom is -0.247 e. The maximum absolute atomic E-state index is 13.0. The number of nitrogens with zero attached hydrogens (tertiary/aromatic N) is 2. The van der Waals surface area contributed by atoms with Crippen molar-refractivity contribution in [1.29, 1.82) is 0 Å². The highest BCUT2D eigenvalue weighted by atomic mass is 35.5. The molecular weight excluding hydrogens is 243 g/mol. The van der Waals surface area contributed by atoms with Crippen molar-refractivity contribution in [2.75, 3.05) is 0 Å². The molecule has 0 bridgehead atoms. The third-order valence-electron chi connectivity index (χ3n) is 2.61. The third-order valence-corrected chi connectivity index (χ3v) is 3.87. The predicted octanol–water partition coefficient (Wildman–Crippen LogP) is 2.31. The van der Waals surface area contributed by atoms with Crippen LogP contribution in [0.2, 0.25) is 5.02 Å². The Hall–Kier alpha value is -0.620. The summed E-state index contributed by atoms with van der Waals surface area (Å²) in [5.74, 6) is 0. The van der Waals surface area contributed by atoms with E-state index in [4.69, 9.17) is 11.6 Å². The summed E-state index contributed by atoms with van der Waals surface area (Å²) in [4.78, 5) is 0. The van der Waals surface area contributed by atoms with Gasteiger partial charge in [0.25, 0.3) is 0 Å². The summed E-state index contributed by atoms with van der Waals surface area (Å²) in [6.07, 6.45) is 4.83. The second-order valence-electron chi connectivity index (χ2n) is 3.62. The molecule has 1 aliphatic carbocycles. The number of halogens is 2. The molecule has 0 unspecified atom stereocenters. The second-order valence-corrected chi connectivity index (χ2v) is 5.29. The Balaban J connectivity index is 2.48. The zero-order chi connectivity index (χ0) is 11.1. The average Bonchev–Trinajstić information content (AvgIpc) is 2.68. The van der Waals surface area contributed by atoms with Crippen molar-refractivity contribution in [1.82, 2.24) is 9.78 Å². The summed E-state index contributed by atoms with van der Waals surface area (Å²) in [5, 5.41) is 3.18. The van der Waals surface area contributed by atoms with Crippen LogP contribution in [-0.2, 0) is 10.2 Å². The van der Waals surface area contributed by atoms with Gasteiger partial charge < -0.3 is 0 Å². The van der Waals surface area contributed by atoms with E-state index >= 15 is 0 Å². The fourth-order valence-corrected chi connectivity index (χ4v) is 3.08. The Bertz CT molecular complexity index is 465. The highest BCUT2D eigenvalue weighted by molar-refractivity contribution is 7.86. The monoisotopic (exact) mass is 252 g/mol. The highest BCUT2D eigenvalue weighted by Gasteiger charge is 2.29. The van der Waals surface area contributed by atoms with Gasteiger partial charge in [0.1, 0.15) is 5.02 Å². The summed E-state index contributed by atoms with van der Waals surface area (Å²) in [5.41, 5.74) is 0. The van der Waals surface area contributed by atoms with Gasteiger partial charge in [-0.2, -0.15) is 13.5 Å². The van der Waals surface area contributed by atoms with Crippen molar-refractivity contribution < 1.29 is 12.3 Å². The molecule has 1 fully saturated rings. The molecule has 1 aromatic heterocycles. The smallest absolute Gasteiger partial charge is 0.247 e. The summed E-state index contributed by atoms with van der Waals surface area (Å²) in [6, 6.07) is -0.0435. The van der Waals surface area contributed by atoms with Gasteiger partial charge in [-0.05, 0) is 12.8 Å². The van der Waals surface area contributed by atoms with Crippen molar-refractivity contribution in [3.05, 3.63) is 11.2 Å². The fraction of sp³-hybridized carbons (Fsp3) is 0.625. The van der Waals surface area contributed by atoms with Gasteiger partial charge in [-0.1, -0.05) is 28.3 Å². The van der Waals surface area contributed by atoms with Crippen LogP contribution in [0.3, 0.4) is 0 Å². The van der Waals surface area contributed by atoms with Gasteiger partial charge in [0.05, 0.1) is 12.2 Å². The molecule has 0 aromatic carbocycles. The van der Waals surface area contributed by atoms with Crippen LogP contribution in [0.5, 0.6) is 0 Å². The van der Waals surface area contributed by atoms with E-state index in [0.29, 0.717) is 0 Å². The number of rotatable bonds is 2. The summed E-state index contributed by atoms with van der Waals surface area (Å²) < 4.78 is 35.9. The van der Waals surface area contributed by atoms with Gasteiger partial charge in [-0.3, -0.25) is 0 Å². The molecule has 4 nitrogen and oxygen atoms in total.